The Morgan fingerprint density at radius 2 is 2.15 bits per heavy atom. The second-order valence-electron chi connectivity index (χ2n) is 6.47. The molecular formula is C18H23N3O4S. The number of hydrogen-bond donors (Lipinski definition) is 1. The van der Waals surface area contributed by atoms with Crippen LogP contribution in [0.15, 0.2) is 33.7 Å². The summed E-state index contributed by atoms with van der Waals surface area (Å²) < 4.78 is 32.4. The Balaban J connectivity index is 1.84. The van der Waals surface area contributed by atoms with Gasteiger partial charge in [0.25, 0.3) is 0 Å². The van der Waals surface area contributed by atoms with Crippen molar-refractivity contribution in [3.05, 3.63) is 41.3 Å². The maximum Gasteiger partial charge on any atom is 0.249 e. The number of sulfonamides is 1. The zero-order valence-corrected chi connectivity index (χ0v) is 16.0. The average molecular weight is 377 g/mol. The predicted octanol–water partition coefficient (Wildman–Crippen LogP) is 2.65. The van der Waals surface area contributed by atoms with E-state index in [2.05, 4.69) is 10.5 Å². The van der Waals surface area contributed by atoms with E-state index in [9.17, 15) is 13.2 Å². The fourth-order valence-corrected chi connectivity index (χ4v) is 5.30. The highest BCUT2D eigenvalue weighted by Gasteiger charge is 2.41. The lowest BCUT2D eigenvalue weighted by Gasteiger charge is -2.23. The zero-order valence-electron chi connectivity index (χ0n) is 15.2. The molecule has 8 heteroatoms. The minimum atomic E-state index is -3.84. The smallest absolute Gasteiger partial charge is 0.249 e. The predicted molar refractivity (Wildman–Crippen MR) is 97.3 cm³/mol. The topological polar surface area (TPSA) is 92.5 Å². The lowest BCUT2D eigenvalue weighted by molar-refractivity contribution is -0.119. The van der Waals surface area contributed by atoms with E-state index in [-0.39, 0.29) is 16.6 Å². The summed E-state index contributed by atoms with van der Waals surface area (Å²) >= 11 is 0. The van der Waals surface area contributed by atoms with Crippen LogP contribution in [0.1, 0.15) is 36.8 Å². The first-order valence-electron chi connectivity index (χ1n) is 8.69. The molecule has 1 aliphatic rings. The largest absolute Gasteiger partial charge is 0.360 e. The van der Waals surface area contributed by atoms with E-state index < -0.39 is 16.1 Å². The van der Waals surface area contributed by atoms with Gasteiger partial charge in [-0.25, -0.2) is 8.42 Å². The minimum Gasteiger partial charge on any atom is -0.360 e. The minimum absolute atomic E-state index is 0.0604. The van der Waals surface area contributed by atoms with E-state index >= 15 is 0 Å². The molecule has 0 aliphatic carbocycles. The summed E-state index contributed by atoms with van der Waals surface area (Å²) in [7, 11) is -3.84. The molecule has 0 bridgehead atoms. The molecule has 1 fully saturated rings. The first-order valence-corrected chi connectivity index (χ1v) is 10.1. The van der Waals surface area contributed by atoms with Gasteiger partial charge in [0.2, 0.25) is 15.9 Å². The molecule has 7 nitrogen and oxygen atoms in total. The molecule has 0 spiro atoms. The summed E-state index contributed by atoms with van der Waals surface area (Å²) in [4.78, 5) is 12.8. The van der Waals surface area contributed by atoms with Gasteiger partial charge in [0.05, 0.1) is 0 Å². The van der Waals surface area contributed by atoms with Crippen LogP contribution in [0.3, 0.4) is 0 Å². The molecule has 1 N–H and O–H groups in total. The number of aryl methyl sites for hydroxylation is 3. The number of aromatic nitrogens is 1. The molecule has 140 valence electrons. The first kappa shape index (κ1) is 18.6. The summed E-state index contributed by atoms with van der Waals surface area (Å²) in [5.74, 6) is -0.0738. The van der Waals surface area contributed by atoms with Crippen LogP contribution in [0.25, 0.3) is 0 Å². The van der Waals surface area contributed by atoms with Crippen molar-refractivity contribution in [3.63, 3.8) is 0 Å². The van der Waals surface area contributed by atoms with E-state index in [0.29, 0.717) is 30.8 Å². The number of nitrogens with one attached hydrogen (secondary N) is 1. The molecule has 1 saturated heterocycles. The number of hydrogen-bond acceptors (Lipinski definition) is 5. The van der Waals surface area contributed by atoms with Crippen LogP contribution in [-0.2, 0) is 21.2 Å². The molecule has 1 aliphatic heterocycles. The lowest BCUT2D eigenvalue weighted by Crippen LogP contribution is -2.43. The summed E-state index contributed by atoms with van der Waals surface area (Å²) in [6, 6.07) is 6.83. The Labute approximate surface area is 153 Å². The molecule has 3 rings (SSSR count). The van der Waals surface area contributed by atoms with Gasteiger partial charge in [0.1, 0.15) is 16.6 Å². The molecule has 1 aromatic heterocycles. The highest BCUT2D eigenvalue weighted by Crippen LogP contribution is 2.30. The second-order valence-corrected chi connectivity index (χ2v) is 8.30. The monoisotopic (exact) mass is 377 g/mol. The van der Waals surface area contributed by atoms with E-state index in [1.165, 1.54) is 4.31 Å². The van der Waals surface area contributed by atoms with E-state index in [0.717, 1.165) is 12.0 Å². The number of carbonyl (C=O) groups excluding carboxylic acids is 1. The van der Waals surface area contributed by atoms with Gasteiger partial charge in [-0.05, 0) is 50.8 Å². The fraction of sp³-hybridized carbons (Fsp3) is 0.444. The third-order valence-electron chi connectivity index (χ3n) is 4.64. The van der Waals surface area contributed by atoms with Crippen molar-refractivity contribution in [1.82, 2.24) is 9.46 Å². The second kappa shape index (κ2) is 7.20. The van der Waals surface area contributed by atoms with Crippen molar-refractivity contribution in [2.45, 2.75) is 51.0 Å². The van der Waals surface area contributed by atoms with Crippen molar-refractivity contribution >= 4 is 21.6 Å². The molecule has 1 aromatic carbocycles. The van der Waals surface area contributed by atoms with Crippen LogP contribution >= 0.6 is 0 Å². The molecule has 2 aromatic rings. The lowest BCUT2D eigenvalue weighted by atomic mass is 10.1. The summed E-state index contributed by atoms with van der Waals surface area (Å²) in [5.41, 5.74) is 2.09. The Morgan fingerprint density at radius 1 is 1.38 bits per heavy atom. The van der Waals surface area contributed by atoms with E-state index in [1.54, 1.807) is 19.9 Å². The van der Waals surface area contributed by atoms with Crippen molar-refractivity contribution in [3.8, 4) is 0 Å². The Bertz CT molecular complexity index is 901. The number of benzene rings is 1. The maximum atomic E-state index is 13.1. The Morgan fingerprint density at radius 3 is 2.81 bits per heavy atom. The molecular weight excluding hydrogens is 354 g/mol. The Kier molecular flexibility index (Phi) is 5.15. The van der Waals surface area contributed by atoms with Crippen LogP contribution in [-0.4, -0.2) is 36.4 Å². The number of rotatable bonds is 5. The van der Waals surface area contributed by atoms with Crippen LogP contribution in [0.5, 0.6) is 0 Å². The normalized spacial score (nSPS) is 18.2. The maximum absolute atomic E-state index is 13.1. The zero-order chi connectivity index (χ0) is 18.9. The van der Waals surface area contributed by atoms with Gasteiger partial charge in [0.15, 0.2) is 5.76 Å². The standard InChI is InChI=1S/C18H23N3O4S/c1-4-14-7-5-8-15(11-14)19-18(22)16-9-6-10-21(16)26(23,24)17-12(2)20-25-13(17)3/h5,7-8,11,16H,4,6,9-10H2,1-3H3,(H,19,22)/t16-/m0/s1. The summed E-state index contributed by atoms with van der Waals surface area (Å²) in [6.45, 7) is 5.49. The molecule has 0 saturated carbocycles. The first-order chi connectivity index (χ1) is 12.3. The van der Waals surface area contributed by atoms with Gasteiger partial charge < -0.3 is 9.84 Å². The molecule has 0 radical (unpaired) electrons. The summed E-state index contributed by atoms with van der Waals surface area (Å²) in [6.07, 6.45) is 1.98. The van der Waals surface area contributed by atoms with Crippen LogP contribution in [0, 0.1) is 13.8 Å². The number of anilines is 1. The fourth-order valence-electron chi connectivity index (χ4n) is 3.34. The van der Waals surface area contributed by atoms with Crippen LogP contribution in [0.4, 0.5) is 5.69 Å². The quantitative estimate of drug-likeness (QED) is 0.865. The SMILES string of the molecule is CCc1cccc(NC(=O)[C@@H]2CCCN2S(=O)(=O)c2c(C)noc2C)c1. The molecule has 0 unspecified atom stereocenters. The Hall–Kier alpha value is -2.19. The third-order valence-corrected chi connectivity index (χ3v) is 6.80. The number of carbonyl (C=O) groups is 1. The van der Waals surface area contributed by atoms with Gasteiger partial charge >= 0.3 is 0 Å². The third kappa shape index (κ3) is 3.39. The molecule has 26 heavy (non-hydrogen) atoms. The highest BCUT2D eigenvalue weighted by molar-refractivity contribution is 7.89. The average Bonchev–Trinajstić information content (AvgIpc) is 3.22. The molecule has 1 atom stereocenters. The van der Waals surface area contributed by atoms with Gasteiger partial charge in [-0.15, -0.1) is 0 Å². The van der Waals surface area contributed by atoms with Gasteiger partial charge in [-0.3, -0.25) is 4.79 Å². The van der Waals surface area contributed by atoms with Crippen molar-refractivity contribution in [2.24, 2.45) is 0 Å². The van der Waals surface area contributed by atoms with Crippen LogP contribution in [0.2, 0.25) is 0 Å². The van der Waals surface area contributed by atoms with Crippen molar-refractivity contribution < 1.29 is 17.7 Å². The van der Waals surface area contributed by atoms with Crippen molar-refractivity contribution in [2.75, 3.05) is 11.9 Å². The van der Waals surface area contributed by atoms with Crippen LogP contribution < -0.4 is 5.32 Å². The highest BCUT2D eigenvalue weighted by atomic mass is 32.2. The van der Waals surface area contributed by atoms with Gasteiger partial charge in [-0.2, -0.15) is 4.31 Å². The van der Waals surface area contributed by atoms with E-state index in [4.69, 9.17) is 4.52 Å². The van der Waals surface area contributed by atoms with Gasteiger partial charge in [-0.1, -0.05) is 24.2 Å². The van der Waals surface area contributed by atoms with Gasteiger partial charge in [0, 0.05) is 12.2 Å². The number of nitrogens with zero attached hydrogens (tertiary/aromatic N) is 2. The number of amides is 1. The molecule has 1 amide bonds. The van der Waals surface area contributed by atoms with Crippen molar-refractivity contribution in [1.29, 1.82) is 0 Å². The summed E-state index contributed by atoms with van der Waals surface area (Å²) in [5, 5.41) is 6.58. The molecule has 2 heterocycles. The van der Waals surface area contributed by atoms with E-state index in [1.807, 2.05) is 25.1 Å².